The van der Waals surface area contributed by atoms with Gasteiger partial charge in [0, 0.05) is 23.7 Å². The normalized spacial score (nSPS) is 15.9. The summed E-state index contributed by atoms with van der Waals surface area (Å²) < 4.78 is 0. The van der Waals surface area contributed by atoms with Crippen LogP contribution in [-0.4, -0.2) is 17.3 Å². The van der Waals surface area contributed by atoms with Crippen molar-refractivity contribution in [2.75, 3.05) is 4.90 Å². The summed E-state index contributed by atoms with van der Waals surface area (Å²) in [4.78, 5) is 18.7. The summed E-state index contributed by atoms with van der Waals surface area (Å²) in [6.07, 6.45) is 6.59. The van der Waals surface area contributed by atoms with Gasteiger partial charge in [-0.25, -0.2) is 0 Å². The predicted octanol–water partition coefficient (Wildman–Crippen LogP) is 4.77. The molecule has 0 aliphatic carbocycles. The Morgan fingerprint density at radius 2 is 1.90 bits per heavy atom. The lowest BCUT2D eigenvalue weighted by atomic mass is 9.89. The number of benzene rings is 2. The number of carbonyl (C=O) groups is 1. The van der Waals surface area contributed by atoms with E-state index in [1.54, 1.807) is 12.3 Å². The second-order valence-electron chi connectivity index (χ2n) is 6.88. The largest absolute Gasteiger partial charge is 0.333 e. The number of allylic oxidation sites excluding steroid dienone is 2. The molecule has 4 rings (SSSR count). The van der Waals surface area contributed by atoms with E-state index in [0.29, 0.717) is 5.56 Å². The molecule has 2 aromatic carbocycles. The molecule has 0 bridgehead atoms. The molecule has 2 heterocycles. The van der Waals surface area contributed by atoms with Crippen LogP contribution < -0.4 is 4.90 Å². The molecular weight excluding hydrogens is 358 g/mol. The van der Waals surface area contributed by atoms with Gasteiger partial charge in [-0.3, -0.25) is 4.98 Å². The Balaban J connectivity index is 1.93. The molecule has 4 nitrogen and oxygen atoms in total. The van der Waals surface area contributed by atoms with Crippen molar-refractivity contribution in [3.63, 3.8) is 0 Å². The first-order valence-corrected chi connectivity index (χ1v) is 9.36. The van der Waals surface area contributed by atoms with Crippen LogP contribution in [0.25, 0.3) is 11.1 Å². The van der Waals surface area contributed by atoms with Crippen molar-refractivity contribution in [3.05, 3.63) is 108 Å². The highest BCUT2D eigenvalue weighted by Crippen LogP contribution is 2.35. The van der Waals surface area contributed by atoms with E-state index in [2.05, 4.69) is 11.1 Å². The fraction of sp³-hybridized carbons (Fsp3) is 0.0800. The lowest BCUT2D eigenvalue weighted by Gasteiger charge is -2.33. The van der Waals surface area contributed by atoms with E-state index in [9.17, 15) is 10.1 Å². The molecule has 1 aromatic heterocycles. The van der Waals surface area contributed by atoms with Crippen LogP contribution in [0.4, 0.5) is 5.69 Å². The van der Waals surface area contributed by atoms with Crippen LogP contribution in [0.3, 0.4) is 0 Å². The highest BCUT2D eigenvalue weighted by atomic mass is 16.1. The van der Waals surface area contributed by atoms with Crippen molar-refractivity contribution in [2.45, 2.75) is 13.0 Å². The maximum atomic E-state index is 12.2. The van der Waals surface area contributed by atoms with Crippen LogP contribution in [0.5, 0.6) is 0 Å². The van der Waals surface area contributed by atoms with E-state index < -0.39 is 6.04 Å². The van der Waals surface area contributed by atoms with Crippen molar-refractivity contribution in [3.8, 4) is 6.07 Å². The molecule has 0 spiro atoms. The summed E-state index contributed by atoms with van der Waals surface area (Å²) in [6, 6.07) is 22.8. The Labute approximate surface area is 170 Å². The summed E-state index contributed by atoms with van der Waals surface area (Å²) in [6.45, 7) is 2.02. The lowest BCUT2D eigenvalue weighted by molar-refractivity contribution is -0.107. The van der Waals surface area contributed by atoms with E-state index in [1.165, 1.54) is 0 Å². The Morgan fingerprint density at radius 3 is 2.62 bits per heavy atom. The van der Waals surface area contributed by atoms with E-state index in [1.807, 2.05) is 84.8 Å². The summed E-state index contributed by atoms with van der Waals surface area (Å²) in [5.74, 6) is 0. The molecular formula is C25H19N3O. The lowest BCUT2D eigenvalue weighted by Crippen LogP contribution is -2.36. The van der Waals surface area contributed by atoms with Gasteiger partial charge in [-0.1, -0.05) is 36.4 Å². The summed E-state index contributed by atoms with van der Waals surface area (Å²) in [7, 11) is 0. The van der Waals surface area contributed by atoms with Gasteiger partial charge in [0.05, 0.1) is 17.3 Å². The average Bonchev–Trinajstić information content (AvgIpc) is 2.78. The first-order valence-electron chi connectivity index (χ1n) is 9.36. The molecule has 3 aromatic rings. The summed E-state index contributed by atoms with van der Waals surface area (Å²) in [5, 5.41) is 9.60. The minimum absolute atomic E-state index is 0.539. The Kier molecular flexibility index (Phi) is 5.05. The molecule has 0 saturated carbocycles. The average molecular weight is 377 g/mol. The van der Waals surface area contributed by atoms with Gasteiger partial charge in [-0.2, -0.15) is 5.26 Å². The number of carbonyl (C=O) groups excluding carboxylic acids is 1. The third-order valence-corrected chi connectivity index (χ3v) is 4.96. The fourth-order valence-corrected chi connectivity index (χ4v) is 3.58. The van der Waals surface area contributed by atoms with Gasteiger partial charge in [0.25, 0.3) is 0 Å². The number of nitriles is 1. The zero-order chi connectivity index (χ0) is 20.2. The van der Waals surface area contributed by atoms with E-state index in [0.717, 1.165) is 39.9 Å². The highest BCUT2D eigenvalue weighted by Gasteiger charge is 2.28. The van der Waals surface area contributed by atoms with Crippen LogP contribution in [0.2, 0.25) is 0 Å². The molecule has 1 aliphatic rings. The summed E-state index contributed by atoms with van der Waals surface area (Å²) in [5.41, 5.74) is 5.78. The third kappa shape index (κ3) is 3.59. The maximum Gasteiger partial charge on any atom is 0.147 e. The Morgan fingerprint density at radius 1 is 1.07 bits per heavy atom. The molecule has 0 fully saturated rings. The Bertz CT molecular complexity index is 1160. The second kappa shape index (κ2) is 7.95. The number of aldehydes is 1. The maximum absolute atomic E-state index is 12.2. The predicted molar refractivity (Wildman–Crippen MR) is 115 cm³/mol. The van der Waals surface area contributed by atoms with Crippen molar-refractivity contribution in [1.29, 1.82) is 5.26 Å². The van der Waals surface area contributed by atoms with Gasteiger partial charge in [-0.15, -0.1) is 0 Å². The third-order valence-electron chi connectivity index (χ3n) is 4.96. The molecule has 4 heteroatoms. The van der Waals surface area contributed by atoms with Crippen LogP contribution in [0.1, 0.15) is 22.4 Å². The van der Waals surface area contributed by atoms with Crippen molar-refractivity contribution in [2.24, 2.45) is 0 Å². The van der Waals surface area contributed by atoms with Gasteiger partial charge in [0.1, 0.15) is 12.3 Å². The Hall–Kier alpha value is -3.97. The van der Waals surface area contributed by atoms with Gasteiger partial charge in [0.15, 0.2) is 0 Å². The zero-order valence-electron chi connectivity index (χ0n) is 16.0. The van der Waals surface area contributed by atoms with E-state index in [4.69, 9.17) is 0 Å². The first kappa shape index (κ1) is 18.4. The number of nitrogens with zero attached hydrogens (tertiary/aromatic N) is 3. The fourth-order valence-electron chi connectivity index (χ4n) is 3.58. The molecule has 140 valence electrons. The minimum Gasteiger partial charge on any atom is -0.333 e. The monoisotopic (exact) mass is 377 g/mol. The number of aryl methyl sites for hydroxylation is 1. The highest BCUT2D eigenvalue weighted by molar-refractivity contribution is 5.99. The number of pyridine rings is 1. The van der Waals surface area contributed by atoms with Gasteiger partial charge in [0.2, 0.25) is 0 Å². The van der Waals surface area contributed by atoms with E-state index >= 15 is 0 Å². The quantitative estimate of drug-likeness (QED) is 0.614. The molecule has 0 amide bonds. The van der Waals surface area contributed by atoms with Gasteiger partial charge in [-0.05, 0) is 60.0 Å². The van der Waals surface area contributed by atoms with Crippen molar-refractivity contribution < 1.29 is 4.79 Å². The second-order valence-corrected chi connectivity index (χ2v) is 6.88. The number of anilines is 1. The van der Waals surface area contributed by atoms with Crippen molar-refractivity contribution >= 4 is 23.1 Å². The standard InChI is InChI=1S/C25H19N3O/c1-18-7-6-9-21(13-18)28-16-20(24-11-4-5-12-27-24)14-23(25(28)17-29)22-10-3-2-8-19(22)15-26/h2-14,16-17,25H,1H3. The number of aromatic nitrogens is 1. The van der Waals surface area contributed by atoms with E-state index in [-0.39, 0.29) is 0 Å². The van der Waals surface area contributed by atoms with Crippen LogP contribution >= 0.6 is 0 Å². The van der Waals surface area contributed by atoms with Gasteiger partial charge >= 0.3 is 0 Å². The molecule has 0 saturated heterocycles. The smallest absolute Gasteiger partial charge is 0.147 e. The number of hydrogen-bond donors (Lipinski definition) is 0. The number of rotatable bonds is 4. The molecule has 1 unspecified atom stereocenters. The minimum atomic E-state index is -0.543. The molecule has 0 N–H and O–H groups in total. The molecule has 1 aliphatic heterocycles. The molecule has 0 radical (unpaired) electrons. The van der Waals surface area contributed by atoms with Crippen LogP contribution in [0, 0.1) is 18.3 Å². The molecule has 29 heavy (non-hydrogen) atoms. The first-order chi connectivity index (χ1) is 14.2. The zero-order valence-corrected chi connectivity index (χ0v) is 16.0. The summed E-state index contributed by atoms with van der Waals surface area (Å²) >= 11 is 0. The number of hydrogen-bond acceptors (Lipinski definition) is 4. The van der Waals surface area contributed by atoms with Crippen LogP contribution in [0.15, 0.2) is 85.2 Å². The topological polar surface area (TPSA) is 57.0 Å². The van der Waals surface area contributed by atoms with Crippen LogP contribution in [-0.2, 0) is 4.79 Å². The van der Waals surface area contributed by atoms with Crippen molar-refractivity contribution in [1.82, 2.24) is 4.98 Å². The van der Waals surface area contributed by atoms with Gasteiger partial charge < -0.3 is 9.69 Å². The molecule has 1 atom stereocenters. The SMILES string of the molecule is Cc1cccc(N2C=C(c3ccccn3)C=C(c3ccccc3C#N)C2C=O)c1.